The highest BCUT2D eigenvalue weighted by molar-refractivity contribution is 5.99. The van der Waals surface area contributed by atoms with Crippen LogP contribution in [0.4, 0.5) is 0 Å². The van der Waals surface area contributed by atoms with Crippen molar-refractivity contribution in [1.82, 2.24) is 9.55 Å². The van der Waals surface area contributed by atoms with Gasteiger partial charge in [-0.1, -0.05) is 13.8 Å². The van der Waals surface area contributed by atoms with Crippen molar-refractivity contribution in [3.8, 4) is 5.75 Å². The molecule has 0 radical (unpaired) electrons. The third kappa shape index (κ3) is 4.00. The summed E-state index contributed by atoms with van der Waals surface area (Å²) in [5.74, 6) is 1.23. The Morgan fingerprint density at radius 2 is 2.00 bits per heavy atom. The highest BCUT2D eigenvalue weighted by Crippen LogP contribution is 2.34. The number of fused-ring (bicyclic) bond motifs is 1. The standard InChI is InChI=1S/C22H30N2O2/c1-4-12-26-21-11-10-20(18-8-6-7-9-19(18)21)22(25)17(5-2)14-24-13-16(3)23-15-24/h10-11,13,15,17H,4-9,12,14H2,1-3H3. The van der Waals surface area contributed by atoms with Crippen LogP contribution in [0.3, 0.4) is 0 Å². The number of carbonyl (C=O) groups is 1. The molecule has 1 aliphatic rings. The van der Waals surface area contributed by atoms with E-state index in [-0.39, 0.29) is 11.7 Å². The molecule has 4 heteroatoms. The van der Waals surface area contributed by atoms with Crippen molar-refractivity contribution in [3.63, 3.8) is 0 Å². The number of aromatic nitrogens is 2. The number of ketones is 1. The maximum atomic E-state index is 13.3. The van der Waals surface area contributed by atoms with E-state index in [0.29, 0.717) is 6.54 Å². The van der Waals surface area contributed by atoms with Gasteiger partial charge in [0.15, 0.2) is 5.78 Å². The number of aryl methyl sites for hydroxylation is 1. The smallest absolute Gasteiger partial charge is 0.168 e. The number of rotatable bonds is 8. The van der Waals surface area contributed by atoms with E-state index in [1.54, 1.807) is 0 Å². The zero-order valence-electron chi connectivity index (χ0n) is 16.3. The minimum absolute atomic E-state index is 0.0166. The zero-order valence-corrected chi connectivity index (χ0v) is 16.3. The van der Waals surface area contributed by atoms with Gasteiger partial charge in [-0.25, -0.2) is 4.98 Å². The summed E-state index contributed by atoms with van der Waals surface area (Å²) in [6.45, 7) is 7.62. The van der Waals surface area contributed by atoms with Crippen molar-refractivity contribution in [1.29, 1.82) is 0 Å². The quantitative estimate of drug-likeness (QED) is 0.642. The minimum Gasteiger partial charge on any atom is -0.493 e. The number of Topliss-reactive ketones (excluding diaryl/α,β-unsaturated/α-hetero) is 1. The third-order valence-corrected chi connectivity index (χ3v) is 5.28. The predicted octanol–water partition coefficient (Wildman–Crippen LogP) is 4.77. The Hall–Kier alpha value is -2.10. The fourth-order valence-corrected chi connectivity index (χ4v) is 3.86. The molecule has 1 atom stereocenters. The van der Waals surface area contributed by atoms with Gasteiger partial charge in [0.2, 0.25) is 0 Å². The largest absolute Gasteiger partial charge is 0.493 e. The normalized spacial score (nSPS) is 14.7. The van der Waals surface area contributed by atoms with Crippen molar-refractivity contribution in [2.75, 3.05) is 6.61 Å². The molecule has 0 saturated carbocycles. The first-order valence-corrected chi connectivity index (χ1v) is 9.94. The summed E-state index contributed by atoms with van der Waals surface area (Å²) in [6, 6.07) is 4.01. The first-order chi connectivity index (χ1) is 12.6. The monoisotopic (exact) mass is 354 g/mol. The van der Waals surface area contributed by atoms with Crippen LogP contribution < -0.4 is 4.74 Å². The number of hydrogen-bond acceptors (Lipinski definition) is 3. The first-order valence-electron chi connectivity index (χ1n) is 9.94. The van der Waals surface area contributed by atoms with Gasteiger partial charge in [-0.15, -0.1) is 0 Å². The molecule has 1 aliphatic carbocycles. The third-order valence-electron chi connectivity index (χ3n) is 5.28. The highest BCUT2D eigenvalue weighted by Gasteiger charge is 2.26. The molecular formula is C22H30N2O2. The lowest BCUT2D eigenvalue weighted by atomic mass is 9.83. The average molecular weight is 354 g/mol. The second-order valence-corrected chi connectivity index (χ2v) is 7.31. The molecule has 140 valence electrons. The Morgan fingerprint density at radius 1 is 1.23 bits per heavy atom. The maximum absolute atomic E-state index is 13.3. The topological polar surface area (TPSA) is 44.1 Å². The van der Waals surface area contributed by atoms with Gasteiger partial charge in [-0.3, -0.25) is 4.79 Å². The second kappa shape index (κ2) is 8.52. The summed E-state index contributed by atoms with van der Waals surface area (Å²) in [6.07, 6.45) is 10.0. The fourth-order valence-electron chi connectivity index (χ4n) is 3.86. The molecule has 1 aromatic heterocycles. The highest BCUT2D eigenvalue weighted by atomic mass is 16.5. The summed E-state index contributed by atoms with van der Waals surface area (Å²) in [7, 11) is 0. The van der Waals surface area contributed by atoms with Crippen molar-refractivity contribution in [3.05, 3.63) is 47.0 Å². The van der Waals surface area contributed by atoms with Gasteiger partial charge in [0.25, 0.3) is 0 Å². The van der Waals surface area contributed by atoms with Gasteiger partial charge in [0.05, 0.1) is 18.6 Å². The van der Waals surface area contributed by atoms with Crippen LogP contribution in [0.1, 0.15) is 66.7 Å². The summed E-state index contributed by atoms with van der Waals surface area (Å²) >= 11 is 0. The number of nitrogens with zero attached hydrogens (tertiary/aromatic N) is 2. The molecule has 1 aromatic carbocycles. The van der Waals surface area contributed by atoms with Crippen LogP contribution in [0, 0.1) is 12.8 Å². The van der Waals surface area contributed by atoms with E-state index in [9.17, 15) is 4.79 Å². The predicted molar refractivity (Wildman–Crippen MR) is 104 cm³/mol. The number of carbonyl (C=O) groups excluding carboxylic acids is 1. The van der Waals surface area contributed by atoms with Crippen LogP contribution >= 0.6 is 0 Å². The van der Waals surface area contributed by atoms with Gasteiger partial charge in [0.1, 0.15) is 5.75 Å². The van der Waals surface area contributed by atoms with E-state index >= 15 is 0 Å². The van der Waals surface area contributed by atoms with Gasteiger partial charge in [0, 0.05) is 24.2 Å². The molecule has 3 rings (SSSR count). The molecule has 4 nitrogen and oxygen atoms in total. The minimum atomic E-state index is -0.0166. The molecule has 1 unspecified atom stereocenters. The van der Waals surface area contributed by atoms with Gasteiger partial charge >= 0.3 is 0 Å². The molecule has 0 saturated heterocycles. The molecule has 0 aliphatic heterocycles. The van der Waals surface area contributed by atoms with Gasteiger partial charge in [-0.2, -0.15) is 0 Å². The van der Waals surface area contributed by atoms with E-state index in [1.807, 2.05) is 36.1 Å². The first kappa shape index (κ1) is 18.7. The molecule has 26 heavy (non-hydrogen) atoms. The fraction of sp³-hybridized carbons (Fsp3) is 0.545. The second-order valence-electron chi connectivity index (χ2n) is 7.31. The molecule has 0 bridgehead atoms. The Kier molecular flexibility index (Phi) is 6.12. The van der Waals surface area contributed by atoms with Crippen LogP contribution in [0.15, 0.2) is 24.7 Å². The van der Waals surface area contributed by atoms with Gasteiger partial charge in [-0.05, 0) is 68.7 Å². The molecule has 0 amide bonds. The lowest BCUT2D eigenvalue weighted by molar-refractivity contribution is 0.0902. The van der Waals surface area contributed by atoms with E-state index in [0.717, 1.165) is 55.7 Å². The zero-order chi connectivity index (χ0) is 18.5. The van der Waals surface area contributed by atoms with Crippen LogP contribution in [0.5, 0.6) is 5.75 Å². The van der Waals surface area contributed by atoms with Crippen LogP contribution in [0.25, 0.3) is 0 Å². The Labute approximate surface area is 156 Å². The summed E-state index contributed by atoms with van der Waals surface area (Å²) in [5, 5.41) is 0. The van der Waals surface area contributed by atoms with Crippen LogP contribution in [0.2, 0.25) is 0 Å². The Bertz CT molecular complexity index is 763. The summed E-state index contributed by atoms with van der Waals surface area (Å²) in [5.41, 5.74) is 4.40. The SMILES string of the molecule is CCCOc1ccc(C(=O)C(CC)Cn2cnc(C)c2)c2c1CCCC2. The lowest BCUT2D eigenvalue weighted by Gasteiger charge is -2.24. The average Bonchev–Trinajstić information content (AvgIpc) is 3.08. The number of imidazole rings is 1. The Morgan fingerprint density at radius 3 is 2.65 bits per heavy atom. The molecule has 2 aromatic rings. The molecule has 0 fully saturated rings. The van der Waals surface area contributed by atoms with E-state index in [4.69, 9.17) is 4.74 Å². The summed E-state index contributed by atoms with van der Waals surface area (Å²) < 4.78 is 7.98. The van der Waals surface area contributed by atoms with Crippen LogP contribution in [-0.2, 0) is 19.4 Å². The Balaban J connectivity index is 1.87. The lowest BCUT2D eigenvalue weighted by Crippen LogP contribution is -2.22. The van der Waals surface area contributed by atoms with E-state index < -0.39 is 0 Å². The van der Waals surface area contributed by atoms with Gasteiger partial charge < -0.3 is 9.30 Å². The molecule has 1 heterocycles. The van der Waals surface area contributed by atoms with Crippen molar-refractivity contribution in [2.45, 2.75) is 65.8 Å². The van der Waals surface area contributed by atoms with Crippen molar-refractivity contribution < 1.29 is 9.53 Å². The van der Waals surface area contributed by atoms with Crippen LogP contribution in [-0.4, -0.2) is 21.9 Å². The molecular weight excluding hydrogens is 324 g/mol. The van der Waals surface area contributed by atoms with Crippen molar-refractivity contribution in [2.24, 2.45) is 5.92 Å². The maximum Gasteiger partial charge on any atom is 0.168 e. The number of benzene rings is 1. The molecule has 0 spiro atoms. The van der Waals surface area contributed by atoms with E-state index in [1.165, 1.54) is 17.5 Å². The number of hydrogen-bond donors (Lipinski definition) is 0. The van der Waals surface area contributed by atoms with Crippen molar-refractivity contribution >= 4 is 5.78 Å². The number of ether oxygens (including phenoxy) is 1. The van der Waals surface area contributed by atoms with E-state index in [2.05, 4.69) is 18.8 Å². The molecule has 0 N–H and O–H groups in total. The summed E-state index contributed by atoms with van der Waals surface area (Å²) in [4.78, 5) is 17.6.